The highest BCUT2D eigenvalue weighted by Gasteiger charge is 2.72. The molecule has 2 aliphatic heterocycles. The van der Waals surface area contributed by atoms with Crippen LogP contribution in [0, 0.1) is 17.3 Å². The molecule has 2 aliphatic carbocycles. The van der Waals surface area contributed by atoms with Crippen molar-refractivity contribution in [2.75, 3.05) is 14.2 Å². The minimum Gasteiger partial charge on any atom is -0.467 e. The van der Waals surface area contributed by atoms with Crippen LogP contribution in [0.5, 0.6) is 0 Å². The Bertz CT molecular complexity index is 485. The van der Waals surface area contributed by atoms with Crippen molar-refractivity contribution in [2.45, 2.75) is 63.4 Å². The van der Waals surface area contributed by atoms with E-state index in [-0.39, 0.29) is 29.1 Å². The normalized spacial score (nSPS) is 50.5. The molecule has 0 aromatic heterocycles. The molecule has 2 heterocycles. The van der Waals surface area contributed by atoms with Gasteiger partial charge in [0.2, 0.25) is 0 Å². The summed E-state index contributed by atoms with van der Waals surface area (Å²) in [5, 5.41) is 1.58. The predicted molar refractivity (Wildman–Crippen MR) is 76.1 cm³/mol. The van der Waals surface area contributed by atoms with Crippen LogP contribution in [0.4, 0.5) is 0 Å². The van der Waals surface area contributed by atoms with E-state index in [0.717, 1.165) is 25.7 Å². The molecule has 0 aromatic rings. The first-order valence-corrected chi connectivity index (χ1v) is 8.32. The smallest absolute Gasteiger partial charge is 0.337 e. The number of carbonyl (C=O) groups excluding carboxylic acids is 1. The van der Waals surface area contributed by atoms with Crippen molar-refractivity contribution in [1.82, 2.24) is 5.23 Å². The number of ether oxygens (including phenoxy) is 2. The number of hydrogen-bond donors (Lipinski definition) is 0. The van der Waals surface area contributed by atoms with Crippen molar-refractivity contribution in [1.29, 1.82) is 0 Å². The van der Waals surface area contributed by atoms with Gasteiger partial charge < -0.3 is 9.47 Å². The number of esters is 1. The Balaban J connectivity index is 1.77. The van der Waals surface area contributed by atoms with Crippen molar-refractivity contribution in [2.24, 2.45) is 17.3 Å². The molecule has 0 radical (unpaired) electrons. The second-order valence-corrected chi connectivity index (χ2v) is 7.38. The molecule has 2 saturated carbocycles. The van der Waals surface area contributed by atoms with E-state index in [1.807, 2.05) is 0 Å². The average molecular weight is 311 g/mol. The molecule has 4 aliphatic rings. The van der Waals surface area contributed by atoms with Gasteiger partial charge in [0.15, 0.2) is 12.4 Å². The van der Waals surface area contributed by atoms with Gasteiger partial charge in [0, 0.05) is 18.4 Å². The van der Waals surface area contributed by atoms with Crippen molar-refractivity contribution in [3.8, 4) is 0 Å². The van der Waals surface area contributed by atoms with E-state index in [0.29, 0.717) is 5.92 Å². The van der Waals surface area contributed by atoms with Crippen molar-refractivity contribution >= 4 is 5.97 Å². The summed E-state index contributed by atoms with van der Waals surface area (Å²) >= 11 is 0. The highest BCUT2D eigenvalue weighted by molar-refractivity contribution is 5.75. The van der Waals surface area contributed by atoms with Gasteiger partial charge in [-0.05, 0) is 38.5 Å². The minimum absolute atomic E-state index is 0.0587. The zero-order chi connectivity index (χ0) is 15.5. The molecular formula is C16H25NO5. The Morgan fingerprint density at radius 2 is 2.00 bits per heavy atom. The van der Waals surface area contributed by atoms with E-state index >= 15 is 0 Å². The molecule has 2 bridgehead atoms. The van der Waals surface area contributed by atoms with Gasteiger partial charge >= 0.3 is 5.97 Å². The lowest BCUT2D eigenvalue weighted by atomic mass is 9.49. The molecular weight excluding hydrogens is 286 g/mol. The molecule has 22 heavy (non-hydrogen) atoms. The molecule has 124 valence electrons. The molecule has 4 rings (SSSR count). The van der Waals surface area contributed by atoms with Crippen LogP contribution < -0.4 is 0 Å². The lowest BCUT2D eigenvalue weighted by molar-refractivity contribution is -0.492. The molecule has 6 atom stereocenters. The fourth-order valence-corrected chi connectivity index (χ4v) is 5.75. The minimum atomic E-state index is -0.564. The maximum atomic E-state index is 12.1. The van der Waals surface area contributed by atoms with Gasteiger partial charge in [-0.1, -0.05) is 18.1 Å². The third kappa shape index (κ3) is 1.62. The highest BCUT2D eigenvalue weighted by atomic mass is 17.0. The number of carbonyl (C=O) groups is 1. The summed E-state index contributed by atoms with van der Waals surface area (Å²) in [7, 11) is 3.12. The second kappa shape index (κ2) is 4.90. The molecule has 6 heteroatoms. The van der Waals surface area contributed by atoms with Crippen LogP contribution in [0.3, 0.4) is 0 Å². The Hall–Kier alpha value is -0.690. The van der Waals surface area contributed by atoms with Gasteiger partial charge in [0.25, 0.3) is 0 Å². The standard InChI is InChI=1S/C16H25NO5/c1-15-10-7-9-16(8-5-4-6-11(15)16)14(20-3)22-17(15)21-12(10)13(18)19-2/h10-12,14H,4-9H2,1-3H3/t10-,11-,12+,14+,15+,16-/m1/s1. The molecule has 0 amide bonds. The summed E-state index contributed by atoms with van der Waals surface area (Å²) < 4.78 is 10.6. The number of nitrogens with zero attached hydrogens (tertiary/aromatic N) is 1. The molecule has 0 aromatic carbocycles. The van der Waals surface area contributed by atoms with Gasteiger partial charge in [-0.2, -0.15) is 0 Å². The Labute approximate surface area is 130 Å². The fraction of sp³-hybridized carbons (Fsp3) is 0.938. The van der Waals surface area contributed by atoms with Gasteiger partial charge in [-0.15, -0.1) is 0 Å². The summed E-state index contributed by atoms with van der Waals surface area (Å²) in [5.74, 6) is 0.247. The maximum Gasteiger partial charge on any atom is 0.337 e. The highest BCUT2D eigenvalue weighted by Crippen LogP contribution is 2.66. The summed E-state index contributed by atoms with van der Waals surface area (Å²) in [6.45, 7) is 2.19. The first-order valence-electron chi connectivity index (χ1n) is 8.32. The first-order chi connectivity index (χ1) is 10.6. The van der Waals surface area contributed by atoms with E-state index in [1.165, 1.54) is 20.0 Å². The Morgan fingerprint density at radius 1 is 1.18 bits per heavy atom. The molecule has 0 N–H and O–H groups in total. The van der Waals surface area contributed by atoms with Crippen LogP contribution in [-0.4, -0.2) is 43.3 Å². The molecule has 0 unspecified atom stereocenters. The Morgan fingerprint density at radius 3 is 2.73 bits per heavy atom. The van der Waals surface area contributed by atoms with Crippen LogP contribution >= 0.6 is 0 Å². The zero-order valence-corrected chi connectivity index (χ0v) is 13.5. The van der Waals surface area contributed by atoms with Crippen molar-refractivity contribution < 1.29 is 23.9 Å². The Kier molecular flexibility index (Phi) is 3.31. The number of hydroxylamine groups is 2. The van der Waals surface area contributed by atoms with Crippen LogP contribution in [0.25, 0.3) is 0 Å². The molecule has 2 saturated heterocycles. The van der Waals surface area contributed by atoms with Gasteiger partial charge in [0.05, 0.1) is 12.6 Å². The van der Waals surface area contributed by atoms with Gasteiger partial charge in [0.1, 0.15) is 0 Å². The second-order valence-electron chi connectivity index (χ2n) is 7.38. The van der Waals surface area contributed by atoms with E-state index in [9.17, 15) is 4.79 Å². The van der Waals surface area contributed by atoms with Crippen LogP contribution in [0.1, 0.15) is 45.4 Å². The van der Waals surface area contributed by atoms with Crippen molar-refractivity contribution in [3.05, 3.63) is 0 Å². The predicted octanol–water partition coefficient (Wildman–Crippen LogP) is 2.04. The summed E-state index contributed by atoms with van der Waals surface area (Å²) in [6.07, 6.45) is 5.85. The quantitative estimate of drug-likeness (QED) is 0.727. The maximum absolute atomic E-state index is 12.1. The summed E-state index contributed by atoms with van der Waals surface area (Å²) in [4.78, 5) is 24.1. The average Bonchev–Trinajstić information content (AvgIpc) is 2.88. The third-order valence-corrected chi connectivity index (χ3v) is 6.73. The van der Waals surface area contributed by atoms with Crippen LogP contribution in [0.15, 0.2) is 0 Å². The zero-order valence-electron chi connectivity index (χ0n) is 13.5. The van der Waals surface area contributed by atoms with Crippen LogP contribution in [-0.2, 0) is 23.9 Å². The number of hydrogen-bond acceptors (Lipinski definition) is 6. The SMILES string of the molecule is COC(=O)[C@H]1ON2O[C@H](OC)[C@@]34CCCC[C@@H]3[C@]2(C)[C@@H]1CC4. The lowest BCUT2D eigenvalue weighted by Gasteiger charge is -2.63. The summed E-state index contributed by atoms with van der Waals surface area (Å²) in [5.41, 5.74) is -0.213. The number of methoxy groups -OCH3 is 2. The summed E-state index contributed by atoms with van der Waals surface area (Å²) in [6, 6.07) is 0. The van der Waals surface area contributed by atoms with E-state index in [2.05, 4.69) is 6.92 Å². The molecule has 6 nitrogen and oxygen atoms in total. The number of rotatable bonds is 2. The fourth-order valence-electron chi connectivity index (χ4n) is 5.75. The van der Waals surface area contributed by atoms with E-state index in [1.54, 1.807) is 12.3 Å². The van der Waals surface area contributed by atoms with Gasteiger partial charge in [-0.3, -0.25) is 4.84 Å². The van der Waals surface area contributed by atoms with Crippen molar-refractivity contribution in [3.63, 3.8) is 0 Å². The third-order valence-electron chi connectivity index (χ3n) is 6.73. The first kappa shape index (κ1) is 14.9. The topological polar surface area (TPSA) is 57.2 Å². The lowest BCUT2D eigenvalue weighted by Crippen LogP contribution is -2.69. The van der Waals surface area contributed by atoms with E-state index in [4.69, 9.17) is 19.1 Å². The monoisotopic (exact) mass is 311 g/mol. The molecule has 0 spiro atoms. The molecule has 4 fully saturated rings. The van der Waals surface area contributed by atoms with Crippen LogP contribution in [0.2, 0.25) is 0 Å². The largest absolute Gasteiger partial charge is 0.467 e. The van der Waals surface area contributed by atoms with Gasteiger partial charge in [-0.25, -0.2) is 9.63 Å². The van der Waals surface area contributed by atoms with E-state index < -0.39 is 6.10 Å².